The van der Waals surface area contributed by atoms with Crippen LogP contribution in [-0.2, 0) is 4.79 Å². The Kier molecular flexibility index (Phi) is 4.69. The monoisotopic (exact) mass is 232 g/mol. The molecule has 6 nitrogen and oxygen atoms in total. The van der Waals surface area contributed by atoms with E-state index in [1.807, 2.05) is 0 Å². The van der Waals surface area contributed by atoms with Gasteiger partial charge in [-0.15, -0.1) is 12.4 Å². The fraction of sp³-hybridized carbons (Fsp3) is 0.125. The zero-order valence-corrected chi connectivity index (χ0v) is 8.31. The minimum atomic E-state index is -1.17. The van der Waals surface area contributed by atoms with E-state index in [0.29, 0.717) is 5.56 Å². The molecule has 0 radical (unpaired) electrons. The van der Waals surface area contributed by atoms with Crippen LogP contribution in [0.4, 0.5) is 5.69 Å². The maximum atomic E-state index is 10.5. The molecule has 15 heavy (non-hydrogen) atoms. The number of nitro benzene ring substituents is 1. The van der Waals surface area contributed by atoms with Crippen LogP contribution >= 0.6 is 12.4 Å². The second-order valence-electron chi connectivity index (χ2n) is 2.66. The van der Waals surface area contributed by atoms with Crippen LogP contribution in [0.5, 0.6) is 0 Å². The molecule has 0 aromatic heterocycles. The zero-order valence-electron chi connectivity index (χ0n) is 7.49. The Morgan fingerprint density at radius 3 is 2.20 bits per heavy atom. The lowest BCUT2D eigenvalue weighted by Crippen LogP contribution is -2.20. The van der Waals surface area contributed by atoms with Gasteiger partial charge in [0.15, 0.2) is 0 Å². The molecule has 0 aliphatic heterocycles. The van der Waals surface area contributed by atoms with Crippen LogP contribution in [0.3, 0.4) is 0 Å². The van der Waals surface area contributed by atoms with Crippen LogP contribution in [0, 0.1) is 10.1 Å². The summed E-state index contributed by atoms with van der Waals surface area (Å²) in [5.41, 5.74) is 5.54. The molecule has 0 aliphatic carbocycles. The van der Waals surface area contributed by atoms with E-state index in [-0.39, 0.29) is 18.1 Å². The summed E-state index contributed by atoms with van der Waals surface area (Å²) in [6, 6.07) is 3.96. The van der Waals surface area contributed by atoms with Crippen LogP contribution < -0.4 is 5.73 Å². The average Bonchev–Trinajstić information content (AvgIpc) is 2.16. The van der Waals surface area contributed by atoms with Gasteiger partial charge in [0.1, 0.15) is 6.04 Å². The summed E-state index contributed by atoms with van der Waals surface area (Å²) in [6.07, 6.45) is 0. The average molecular weight is 233 g/mol. The summed E-state index contributed by atoms with van der Waals surface area (Å²) in [7, 11) is 0. The van der Waals surface area contributed by atoms with E-state index in [1.54, 1.807) is 0 Å². The van der Waals surface area contributed by atoms with E-state index in [1.165, 1.54) is 24.3 Å². The summed E-state index contributed by atoms with van der Waals surface area (Å²) in [6.45, 7) is 0. The van der Waals surface area contributed by atoms with Crippen LogP contribution in [0.2, 0.25) is 0 Å². The number of halogens is 1. The molecule has 0 saturated carbocycles. The molecule has 0 spiro atoms. The van der Waals surface area contributed by atoms with Crippen molar-refractivity contribution < 1.29 is 14.8 Å². The second kappa shape index (κ2) is 5.28. The summed E-state index contributed by atoms with van der Waals surface area (Å²) >= 11 is 0. The summed E-state index contributed by atoms with van der Waals surface area (Å²) in [5, 5.41) is 18.8. The van der Waals surface area contributed by atoms with Gasteiger partial charge in [0.25, 0.3) is 5.69 Å². The third-order valence-electron chi connectivity index (χ3n) is 1.73. The van der Waals surface area contributed by atoms with Crippen LogP contribution in [0.25, 0.3) is 0 Å². The maximum absolute atomic E-state index is 10.5. The highest BCUT2D eigenvalue weighted by Gasteiger charge is 2.15. The lowest BCUT2D eigenvalue weighted by atomic mass is 10.1. The molecule has 0 unspecified atom stereocenters. The third-order valence-corrected chi connectivity index (χ3v) is 1.73. The van der Waals surface area contributed by atoms with Gasteiger partial charge in [-0.1, -0.05) is 12.1 Å². The van der Waals surface area contributed by atoms with Gasteiger partial charge < -0.3 is 10.8 Å². The molecule has 0 heterocycles. The van der Waals surface area contributed by atoms with Crippen LogP contribution in [-0.4, -0.2) is 16.0 Å². The number of carboxylic acid groups (broad SMARTS) is 1. The first-order valence-electron chi connectivity index (χ1n) is 3.75. The van der Waals surface area contributed by atoms with Gasteiger partial charge in [0.2, 0.25) is 0 Å². The topological polar surface area (TPSA) is 106 Å². The Bertz CT molecular complexity index is 365. The largest absolute Gasteiger partial charge is 0.480 e. The molecule has 1 aromatic carbocycles. The standard InChI is InChI=1S/C8H8N2O4.ClH/c9-7(8(11)12)5-1-3-6(4-2-5)10(13)14;/h1-4,7H,9H2,(H,11,12);1H/t7-;/m0./s1. The number of nitrogens with zero attached hydrogens (tertiary/aromatic N) is 1. The normalized spacial score (nSPS) is 11.3. The number of carbonyl (C=O) groups is 1. The van der Waals surface area contributed by atoms with E-state index < -0.39 is 16.9 Å². The number of benzene rings is 1. The smallest absolute Gasteiger partial charge is 0.325 e. The number of aliphatic carboxylic acids is 1. The van der Waals surface area contributed by atoms with Crippen molar-refractivity contribution in [1.82, 2.24) is 0 Å². The molecule has 0 fully saturated rings. The minimum Gasteiger partial charge on any atom is -0.480 e. The van der Waals surface area contributed by atoms with Gasteiger partial charge >= 0.3 is 5.97 Å². The van der Waals surface area contributed by atoms with Crippen molar-refractivity contribution in [2.75, 3.05) is 0 Å². The minimum absolute atomic E-state index is 0. The van der Waals surface area contributed by atoms with Crippen molar-refractivity contribution in [3.8, 4) is 0 Å². The molecule has 0 saturated heterocycles. The molecule has 7 heteroatoms. The first-order valence-corrected chi connectivity index (χ1v) is 3.75. The van der Waals surface area contributed by atoms with E-state index in [2.05, 4.69) is 0 Å². The summed E-state index contributed by atoms with van der Waals surface area (Å²) < 4.78 is 0. The molecular weight excluding hydrogens is 224 g/mol. The maximum Gasteiger partial charge on any atom is 0.325 e. The van der Waals surface area contributed by atoms with Crippen molar-refractivity contribution in [2.45, 2.75) is 6.04 Å². The Morgan fingerprint density at radius 1 is 1.40 bits per heavy atom. The van der Waals surface area contributed by atoms with E-state index in [9.17, 15) is 14.9 Å². The van der Waals surface area contributed by atoms with Gasteiger partial charge in [-0.05, 0) is 5.56 Å². The Hall–Kier alpha value is -1.66. The molecule has 0 bridgehead atoms. The highest BCUT2D eigenvalue weighted by atomic mass is 35.5. The highest BCUT2D eigenvalue weighted by Crippen LogP contribution is 2.16. The molecule has 1 atom stereocenters. The Balaban J connectivity index is 0.00000196. The third kappa shape index (κ3) is 3.19. The molecule has 1 aromatic rings. The second-order valence-corrected chi connectivity index (χ2v) is 2.66. The number of nitrogens with two attached hydrogens (primary N) is 1. The Labute approximate surface area is 91.3 Å². The molecule has 0 amide bonds. The number of non-ortho nitro benzene ring substituents is 1. The van der Waals surface area contributed by atoms with Crippen molar-refractivity contribution in [3.05, 3.63) is 39.9 Å². The van der Waals surface area contributed by atoms with Gasteiger partial charge in [-0.25, -0.2) is 0 Å². The summed E-state index contributed by atoms with van der Waals surface area (Å²) in [4.78, 5) is 20.2. The van der Waals surface area contributed by atoms with Crippen molar-refractivity contribution in [3.63, 3.8) is 0 Å². The first kappa shape index (κ1) is 13.3. The lowest BCUT2D eigenvalue weighted by Gasteiger charge is -2.05. The van der Waals surface area contributed by atoms with Crippen molar-refractivity contribution >= 4 is 24.1 Å². The van der Waals surface area contributed by atoms with Crippen molar-refractivity contribution in [2.24, 2.45) is 5.73 Å². The number of hydrogen-bond donors (Lipinski definition) is 2. The lowest BCUT2D eigenvalue weighted by molar-refractivity contribution is -0.384. The van der Waals surface area contributed by atoms with Gasteiger partial charge in [-0.2, -0.15) is 0 Å². The van der Waals surface area contributed by atoms with E-state index in [0.717, 1.165) is 0 Å². The van der Waals surface area contributed by atoms with E-state index in [4.69, 9.17) is 10.8 Å². The molecule has 82 valence electrons. The van der Waals surface area contributed by atoms with Crippen LogP contribution in [0.1, 0.15) is 11.6 Å². The number of carboxylic acids is 1. The number of rotatable bonds is 3. The molecular formula is C8H9ClN2O4. The highest BCUT2D eigenvalue weighted by molar-refractivity contribution is 5.85. The fourth-order valence-electron chi connectivity index (χ4n) is 0.946. The summed E-state index contributed by atoms with van der Waals surface area (Å²) in [5.74, 6) is -1.17. The molecule has 0 aliphatic rings. The fourth-order valence-corrected chi connectivity index (χ4v) is 0.946. The number of nitro groups is 1. The van der Waals surface area contributed by atoms with Crippen LogP contribution in [0.15, 0.2) is 24.3 Å². The zero-order chi connectivity index (χ0) is 10.7. The molecule has 1 rings (SSSR count). The predicted molar refractivity (Wildman–Crippen MR) is 54.9 cm³/mol. The number of hydrogen-bond acceptors (Lipinski definition) is 4. The van der Waals surface area contributed by atoms with Gasteiger partial charge in [-0.3, -0.25) is 14.9 Å². The first-order chi connectivity index (χ1) is 6.52. The van der Waals surface area contributed by atoms with Crippen molar-refractivity contribution in [1.29, 1.82) is 0 Å². The van der Waals surface area contributed by atoms with Gasteiger partial charge in [0.05, 0.1) is 4.92 Å². The van der Waals surface area contributed by atoms with E-state index >= 15 is 0 Å². The predicted octanol–water partition coefficient (Wildman–Crippen LogP) is 1.10. The molecule has 3 N–H and O–H groups in total. The SMILES string of the molecule is Cl.N[C@H](C(=O)O)c1ccc([N+](=O)[O-])cc1. The van der Waals surface area contributed by atoms with Gasteiger partial charge in [0, 0.05) is 12.1 Å². The quantitative estimate of drug-likeness (QED) is 0.599. The Morgan fingerprint density at radius 2 is 1.87 bits per heavy atom.